The summed E-state index contributed by atoms with van der Waals surface area (Å²) in [6.45, 7) is 2.03. The number of H-pyrrole nitrogens is 1. The molecule has 1 amide bonds. The zero-order chi connectivity index (χ0) is 22.1. The third-order valence-electron chi connectivity index (χ3n) is 5.77. The first kappa shape index (κ1) is 20.9. The quantitative estimate of drug-likeness (QED) is 0.382. The highest BCUT2D eigenvalue weighted by Crippen LogP contribution is 2.33. The normalized spacial score (nSPS) is 15.2. The zero-order valence-electron chi connectivity index (χ0n) is 17.2. The van der Waals surface area contributed by atoms with E-state index in [4.69, 9.17) is 4.98 Å². The molecule has 0 aliphatic carbocycles. The molecule has 1 saturated heterocycles. The standard InChI is InChI=1S/C23H22N4O3S2/c28-17-5-2-1-4-16(17)24-21(29)14-7-9-27(10-8-14)12-19-25-22(30)20-15(13-32-23(20)26-19)18-6-3-11-31-18/h1-6,11,13-14,28H,7-10,12H2,(H,24,29)(H,25,26,30). The van der Waals surface area contributed by atoms with Crippen molar-refractivity contribution in [1.82, 2.24) is 14.9 Å². The average Bonchev–Trinajstić information content (AvgIpc) is 3.46. The Morgan fingerprint density at radius 1 is 1.19 bits per heavy atom. The first-order valence-electron chi connectivity index (χ1n) is 10.4. The third-order valence-corrected chi connectivity index (χ3v) is 7.55. The van der Waals surface area contributed by atoms with Crippen molar-refractivity contribution in [3.63, 3.8) is 0 Å². The molecular formula is C23H22N4O3S2. The number of benzene rings is 1. The minimum Gasteiger partial charge on any atom is -0.506 e. The number of thiophene rings is 2. The van der Waals surface area contributed by atoms with Gasteiger partial charge in [0.25, 0.3) is 5.56 Å². The number of piperidine rings is 1. The number of nitrogens with zero attached hydrogens (tertiary/aromatic N) is 2. The molecule has 0 radical (unpaired) electrons. The largest absolute Gasteiger partial charge is 0.506 e. The lowest BCUT2D eigenvalue weighted by molar-refractivity contribution is -0.121. The van der Waals surface area contributed by atoms with Crippen LogP contribution in [0.2, 0.25) is 0 Å². The van der Waals surface area contributed by atoms with Gasteiger partial charge in [-0.25, -0.2) is 4.98 Å². The van der Waals surface area contributed by atoms with E-state index in [1.807, 2.05) is 22.9 Å². The van der Waals surface area contributed by atoms with Gasteiger partial charge in [0.15, 0.2) is 0 Å². The molecule has 0 unspecified atom stereocenters. The van der Waals surface area contributed by atoms with Gasteiger partial charge in [0, 0.05) is 21.7 Å². The van der Waals surface area contributed by atoms with E-state index in [-0.39, 0.29) is 23.1 Å². The maximum absolute atomic E-state index is 12.8. The molecule has 7 nitrogen and oxygen atoms in total. The van der Waals surface area contributed by atoms with Crippen molar-refractivity contribution in [1.29, 1.82) is 0 Å². The minimum absolute atomic E-state index is 0.0690. The molecule has 0 bridgehead atoms. The summed E-state index contributed by atoms with van der Waals surface area (Å²) in [4.78, 5) is 37.0. The van der Waals surface area contributed by atoms with Crippen LogP contribution in [-0.2, 0) is 11.3 Å². The Morgan fingerprint density at radius 3 is 2.75 bits per heavy atom. The molecule has 0 spiro atoms. The van der Waals surface area contributed by atoms with Crippen molar-refractivity contribution in [3.8, 4) is 16.2 Å². The predicted molar refractivity (Wildman–Crippen MR) is 128 cm³/mol. The van der Waals surface area contributed by atoms with Gasteiger partial charge in [0.2, 0.25) is 5.91 Å². The fourth-order valence-electron chi connectivity index (χ4n) is 4.06. The highest BCUT2D eigenvalue weighted by atomic mass is 32.1. The van der Waals surface area contributed by atoms with E-state index < -0.39 is 0 Å². The zero-order valence-corrected chi connectivity index (χ0v) is 18.8. The van der Waals surface area contributed by atoms with Crippen molar-refractivity contribution < 1.29 is 9.90 Å². The molecule has 1 aliphatic heterocycles. The third kappa shape index (κ3) is 4.19. The van der Waals surface area contributed by atoms with E-state index in [0.29, 0.717) is 36.3 Å². The van der Waals surface area contributed by atoms with E-state index in [0.717, 1.165) is 28.4 Å². The molecular weight excluding hydrogens is 444 g/mol. The maximum atomic E-state index is 12.8. The number of carbonyl (C=O) groups excluding carboxylic acids is 1. The minimum atomic E-state index is -0.106. The Kier molecular flexibility index (Phi) is 5.77. The number of rotatable bonds is 5. The van der Waals surface area contributed by atoms with Crippen LogP contribution in [0.3, 0.4) is 0 Å². The number of phenolic OH excluding ortho intramolecular Hbond substituents is 1. The number of fused-ring (bicyclic) bond motifs is 1. The molecule has 0 saturated carbocycles. The molecule has 4 aromatic rings. The molecule has 32 heavy (non-hydrogen) atoms. The van der Waals surface area contributed by atoms with Crippen molar-refractivity contribution in [2.45, 2.75) is 19.4 Å². The second kappa shape index (κ2) is 8.85. The number of hydrogen-bond donors (Lipinski definition) is 3. The van der Waals surface area contributed by atoms with E-state index >= 15 is 0 Å². The number of nitrogens with one attached hydrogen (secondary N) is 2. The lowest BCUT2D eigenvalue weighted by atomic mass is 9.95. The van der Waals surface area contributed by atoms with Crippen LogP contribution >= 0.6 is 22.7 Å². The van der Waals surface area contributed by atoms with Crippen LogP contribution < -0.4 is 10.9 Å². The molecule has 164 valence electrons. The summed E-state index contributed by atoms with van der Waals surface area (Å²) >= 11 is 3.10. The monoisotopic (exact) mass is 466 g/mol. The number of aromatic nitrogens is 2. The molecule has 1 aromatic carbocycles. The van der Waals surface area contributed by atoms with Gasteiger partial charge in [-0.3, -0.25) is 14.5 Å². The Hall–Kier alpha value is -3.01. The van der Waals surface area contributed by atoms with Gasteiger partial charge in [-0.1, -0.05) is 18.2 Å². The predicted octanol–water partition coefficient (Wildman–Crippen LogP) is 4.27. The lowest BCUT2D eigenvalue weighted by Crippen LogP contribution is -2.38. The number of aromatic hydroxyl groups is 1. The van der Waals surface area contributed by atoms with Gasteiger partial charge < -0.3 is 15.4 Å². The Labute approximate surface area is 192 Å². The summed E-state index contributed by atoms with van der Waals surface area (Å²) < 4.78 is 0. The summed E-state index contributed by atoms with van der Waals surface area (Å²) in [6.07, 6.45) is 1.43. The van der Waals surface area contributed by atoms with Crippen molar-refractivity contribution in [2.75, 3.05) is 18.4 Å². The first-order valence-corrected chi connectivity index (χ1v) is 12.2. The number of amides is 1. The van der Waals surface area contributed by atoms with Gasteiger partial charge in [0.05, 0.1) is 17.6 Å². The molecule has 4 heterocycles. The highest BCUT2D eigenvalue weighted by Gasteiger charge is 2.26. The fraction of sp³-hybridized carbons (Fsp3) is 0.261. The van der Waals surface area contributed by atoms with E-state index in [2.05, 4.69) is 15.2 Å². The van der Waals surface area contributed by atoms with Crippen LogP contribution in [0.1, 0.15) is 18.7 Å². The molecule has 3 N–H and O–H groups in total. The van der Waals surface area contributed by atoms with Crippen molar-refractivity contribution in [3.05, 3.63) is 63.3 Å². The van der Waals surface area contributed by atoms with Crippen LogP contribution in [0, 0.1) is 5.92 Å². The Bertz CT molecular complexity index is 1300. The van der Waals surface area contributed by atoms with Crippen LogP contribution in [0.15, 0.2) is 52.0 Å². The number of anilines is 1. The van der Waals surface area contributed by atoms with Gasteiger partial charge >= 0.3 is 0 Å². The number of carbonyl (C=O) groups is 1. The highest BCUT2D eigenvalue weighted by molar-refractivity contribution is 7.18. The van der Waals surface area contributed by atoms with E-state index in [9.17, 15) is 14.7 Å². The van der Waals surface area contributed by atoms with E-state index in [1.54, 1.807) is 35.6 Å². The summed E-state index contributed by atoms with van der Waals surface area (Å²) in [7, 11) is 0. The number of likely N-dealkylation sites (tertiary alicyclic amines) is 1. The van der Waals surface area contributed by atoms with Crippen LogP contribution in [-0.4, -0.2) is 39.0 Å². The summed E-state index contributed by atoms with van der Waals surface area (Å²) in [5.41, 5.74) is 1.27. The van der Waals surface area contributed by atoms with Crippen LogP contribution in [0.5, 0.6) is 5.75 Å². The summed E-state index contributed by atoms with van der Waals surface area (Å²) in [5, 5.41) is 17.3. The van der Waals surface area contributed by atoms with Gasteiger partial charge in [0.1, 0.15) is 16.4 Å². The average molecular weight is 467 g/mol. The number of hydrogen-bond acceptors (Lipinski definition) is 7. The van der Waals surface area contributed by atoms with Crippen LogP contribution in [0.25, 0.3) is 20.7 Å². The first-order chi connectivity index (χ1) is 15.6. The fourth-order valence-corrected chi connectivity index (χ4v) is 5.84. The summed E-state index contributed by atoms with van der Waals surface area (Å²) in [5.74, 6) is 0.545. The topological polar surface area (TPSA) is 98.3 Å². The Balaban J connectivity index is 1.23. The lowest BCUT2D eigenvalue weighted by Gasteiger charge is -2.30. The number of phenols is 1. The molecule has 1 aliphatic rings. The van der Waals surface area contributed by atoms with Gasteiger partial charge in [-0.2, -0.15) is 0 Å². The molecule has 5 rings (SSSR count). The number of aromatic amines is 1. The van der Waals surface area contributed by atoms with Gasteiger partial charge in [-0.05, 0) is 49.5 Å². The van der Waals surface area contributed by atoms with Crippen molar-refractivity contribution in [2.24, 2.45) is 5.92 Å². The SMILES string of the molecule is O=C(Nc1ccccc1O)C1CCN(Cc2nc3scc(-c4cccs4)c3c(=O)[nH]2)CC1. The van der Waals surface area contributed by atoms with E-state index in [1.165, 1.54) is 11.3 Å². The number of para-hydroxylation sites is 2. The molecule has 9 heteroatoms. The van der Waals surface area contributed by atoms with Gasteiger partial charge in [-0.15, -0.1) is 22.7 Å². The molecule has 1 fully saturated rings. The Morgan fingerprint density at radius 2 is 2.00 bits per heavy atom. The second-order valence-electron chi connectivity index (χ2n) is 7.88. The smallest absolute Gasteiger partial charge is 0.260 e. The van der Waals surface area contributed by atoms with Crippen LogP contribution in [0.4, 0.5) is 5.69 Å². The molecule has 0 atom stereocenters. The summed E-state index contributed by atoms with van der Waals surface area (Å²) in [6, 6.07) is 10.7. The maximum Gasteiger partial charge on any atom is 0.260 e. The van der Waals surface area contributed by atoms with Crippen molar-refractivity contribution >= 4 is 44.5 Å². The second-order valence-corrected chi connectivity index (χ2v) is 9.68. The molecule has 3 aromatic heterocycles.